The summed E-state index contributed by atoms with van der Waals surface area (Å²) in [6.45, 7) is 2.11. The minimum atomic E-state index is 0.359. The van der Waals surface area contributed by atoms with Gasteiger partial charge in [-0.05, 0) is 37.8 Å². The molecule has 4 heteroatoms. The normalized spacial score (nSPS) is 13.1. The molecule has 92 valence electrons. The highest BCUT2D eigenvalue weighted by atomic mass is 16.5. The maximum Gasteiger partial charge on any atom is 0.116 e. The maximum atomic E-state index is 5.23. The standard InChI is InChI=1S/C13H19N3O/c1-10(17-2)6-3-4-7-11-8-5-9-12-13(11)15-16-14-12/h5,8-10H,3-4,6-7H2,1-2H3,(H,14,15,16). The summed E-state index contributed by atoms with van der Waals surface area (Å²) < 4.78 is 5.23. The van der Waals surface area contributed by atoms with Crippen LogP contribution >= 0.6 is 0 Å². The van der Waals surface area contributed by atoms with Gasteiger partial charge in [-0.3, -0.25) is 5.10 Å². The van der Waals surface area contributed by atoms with Gasteiger partial charge in [-0.25, -0.2) is 0 Å². The smallest absolute Gasteiger partial charge is 0.116 e. The number of ether oxygens (including phenoxy) is 1. The fraction of sp³-hybridized carbons (Fsp3) is 0.538. The molecule has 0 saturated heterocycles. The highest BCUT2D eigenvalue weighted by Crippen LogP contribution is 2.16. The van der Waals surface area contributed by atoms with E-state index >= 15 is 0 Å². The van der Waals surface area contributed by atoms with Gasteiger partial charge in [0.2, 0.25) is 0 Å². The van der Waals surface area contributed by atoms with Crippen LogP contribution in [0.3, 0.4) is 0 Å². The number of aryl methyl sites for hydroxylation is 1. The zero-order valence-electron chi connectivity index (χ0n) is 10.4. The number of rotatable bonds is 6. The van der Waals surface area contributed by atoms with Crippen LogP contribution in [0.4, 0.5) is 0 Å². The summed E-state index contributed by atoms with van der Waals surface area (Å²) in [5, 5.41) is 10.9. The first-order valence-electron chi connectivity index (χ1n) is 6.12. The Hall–Kier alpha value is -1.42. The first-order valence-corrected chi connectivity index (χ1v) is 6.12. The van der Waals surface area contributed by atoms with Gasteiger partial charge in [-0.15, -0.1) is 5.10 Å². The van der Waals surface area contributed by atoms with Crippen LogP contribution in [0.5, 0.6) is 0 Å². The second-order valence-corrected chi connectivity index (χ2v) is 4.42. The van der Waals surface area contributed by atoms with E-state index in [2.05, 4.69) is 34.5 Å². The Bertz CT molecular complexity index is 466. The monoisotopic (exact) mass is 233 g/mol. The average molecular weight is 233 g/mol. The first kappa shape index (κ1) is 12.0. The molecule has 1 aromatic carbocycles. The SMILES string of the molecule is COC(C)CCCCc1cccc2[nH]nnc12. The molecular weight excluding hydrogens is 214 g/mol. The van der Waals surface area contributed by atoms with Crippen molar-refractivity contribution in [1.82, 2.24) is 15.4 Å². The minimum absolute atomic E-state index is 0.359. The van der Waals surface area contributed by atoms with Gasteiger partial charge in [0.25, 0.3) is 0 Å². The third-order valence-corrected chi connectivity index (χ3v) is 3.15. The highest BCUT2D eigenvalue weighted by molar-refractivity contribution is 5.77. The number of aromatic amines is 1. The van der Waals surface area contributed by atoms with E-state index < -0.39 is 0 Å². The van der Waals surface area contributed by atoms with Crippen LogP contribution in [-0.4, -0.2) is 28.6 Å². The molecule has 0 aliphatic rings. The Morgan fingerprint density at radius 2 is 2.24 bits per heavy atom. The second kappa shape index (κ2) is 5.77. The quantitative estimate of drug-likeness (QED) is 0.780. The van der Waals surface area contributed by atoms with E-state index in [0.717, 1.165) is 23.9 Å². The van der Waals surface area contributed by atoms with Crippen molar-refractivity contribution in [2.45, 2.75) is 38.7 Å². The number of H-pyrrole nitrogens is 1. The molecule has 0 radical (unpaired) electrons. The fourth-order valence-corrected chi connectivity index (χ4v) is 2.00. The van der Waals surface area contributed by atoms with Crippen LogP contribution in [0.1, 0.15) is 31.7 Å². The Morgan fingerprint density at radius 1 is 1.35 bits per heavy atom. The third kappa shape index (κ3) is 3.03. The van der Waals surface area contributed by atoms with Crippen LogP contribution < -0.4 is 0 Å². The topological polar surface area (TPSA) is 50.8 Å². The number of unbranched alkanes of at least 4 members (excludes halogenated alkanes) is 1. The molecule has 0 aliphatic heterocycles. The maximum absolute atomic E-state index is 5.23. The van der Waals surface area contributed by atoms with Crippen molar-refractivity contribution in [3.8, 4) is 0 Å². The Labute approximate surface area is 101 Å². The van der Waals surface area contributed by atoms with E-state index in [0.29, 0.717) is 6.10 Å². The predicted octanol–water partition coefficient (Wildman–Crippen LogP) is 2.71. The molecule has 2 aromatic rings. The molecule has 0 amide bonds. The fourth-order valence-electron chi connectivity index (χ4n) is 2.00. The summed E-state index contributed by atoms with van der Waals surface area (Å²) >= 11 is 0. The molecule has 0 fully saturated rings. The van der Waals surface area contributed by atoms with Crippen molar-refractivity contribution in [1.29, 1.82) is 0 Å². The highest BCUT2D eigenvalue weighted by Gasteiger charge is 2.04. The summed E-state index contributed by atoms with van der Waals surface area (Å²) in [4.78, 5) is 0. The Balaban J connectivity index is 1.88. The number of aromatic nitrogens is 3. The van der Waals surface area contributed by atoms with Crippen molar-refractivity contribution < 1.29 is 4.74 Å². The van der Waals surface area contributed by atoms with E-state index in [-0.39, 0.29) is 0 Å². The molecule has 0 saturated carbocycles. The lowest BCUT2D eigenvalue weighted by Gasteiger charge is -2.08. The molecule has 1 heterocycles. The number of hydrogen-bond donors (Lipinski definition) is 1. The summed E-state index contributed by atoms with van der Waals surface area (Å²) in [5.41, 5.74) is 3.31. The minimum Gasteiger partial charge on any atom is -0.382 e. The van der Waals surface area contributed by atoms with E-state index in [4.69, 9.17) is 4.74 Å². The van der Waals surface area contributed by atoms with Gasteiger partial charge in [0.05, 0.1) is 11.6 Å². The summed E-state index contributed by atoms with van der Waals surface area (Å²) in [6, 6.07) is 6.19. The number of methoxy groups -OCH3 is 1. The molecule has 1 unspecified atom stereocenters. The van der Waals surface area contributed by atoms with Crippen LogP contribution in [0.15, 0.2) is 18.2 Å². The number of nitrogens with one attached hydrogen (secondary N) is 1. The molecule has 1 atom stereocenters. The number of hydrogen-bond acceptors (Lipinski definition) is 3. The van der Waals surface area contributed by atoms with Gasteiger partial charge in [-0.1, -0.05) is 23.8 Å². The molecular formula is C13H19N3O. The molecule has 1 aromatic heterocycles. The van der Waals surface area contributed by atoms with E-state index in [1.807, 2.05) is 6.07 Å². The molecule has 4 nitrogen and oxygen atoms in total. The lowest BCUT2D eigenvalue weighted by Crippen LogP contribution is -2.04. The van der Waals surface area contributed by atoms with Gasteiger partial charge < -0.3 is 4.74 Å². The van der Waals surface area contributed by atoms with Crippen LogP contribution in [0, 0.1) is 0 Å². The number of fused-ring (bicyclic) bond motifs is 1. The summed E-state index contributed by atoms with van der Waals surface area (Å²) in [5.74, 6) is 0. The number of benzene rings is 1. The molecule has 2 rings (SSSR count). The van der Waals surface area contributed by atoms with E-state index in [1.54, 1.807) is 7.11 Å². The second-order valence-electron chi connectivity index (χ2n) is 4.42. The molecule has 0 bridgehead atoms. The van der Waals surface area contributed by atoms with Crippen LogP contribution in [0.25, 0.3) is 11.0 Å². The van der Waals surface area contributed by atoms with Crippen molar-refractivity contribution in [2.24, 2.45) is 0 Å². The zero-order valence-corrected chi connectivity index (χ0v) is 10.4. The predicted molar refractivity (Wildman–Crippen MR) is 67.9 cm³/mol. The van der Waals surface area contributed by atoms with Crippen LogP contribution in [-0.2, 0) is 11.2 Å². The van der Waals surface area contributed by atoms with Crippen LogP contribution in [0.2, 0.25) is 0 Å². The van der Waals surface area contributed by atoms with Gasteiger partial charge in [-0.2, -0.15) is 0 Å². The summed E-state index contributed by atoms with van der Waals surface area (Å²) in [7, 11) is 1.76. The van der Waals surface area contributed by atoms with E-state index in [9.17, 15) is 0 Å². The molecule has 0 spiro atoms. The van der Waals surface area contributed by atoms with Gasteiger partial charge in [0.15, 0.2) is 0 Å². The van der Waals surface area contributed by atoms with E-state index in [1.165, 1.54) is 18.4 Å². The largest absolute Gasteiger partial charge is 0.382 e. The van der Waals surface area contributed by atoms with Crippen molar-refractivity contribution >= 4 is 11.0 Å². The van der Waals surface area contributed by atoms with Crippen molar-refractivity contribution in [3.63, 3.8) is 0 Å². The number of nitrogens with zero attached hydrogens (tertiary/aromatic N) is 2. The summed E-state index contributed by atoms with van der Waals surface area (Å²) in [6.07, 6.45) is 4.88. The van der Waals surface area contributed by atoms with Gasteiger partial charge in [0, 0.05) is 7.11 Å². The first-order chi connectivity index (χ1) is 8.31. The lowest BCUT2D eigenvalue weighted by atomic mass is 10.0. The Kier molecular flexibility index (Phi) is 4.09. The zero-order chi connectivity index (χ0) is 12.1. The van der Waals surface area contributed by atoms with Gasteiger partial charge >= 0.3 is 0 Å². The average Bonchev–Trinajstić information content (AvgIpc) is 2.83. The Morgan fingerprint density at radius 3 is 3.06 bits per heavy atom. The molecule has 0 aliphatic carbocycles. The van der Waals surface area contributed by atoms with Gasteiger partial charge in [0.1, 0.15) is 5.52 Å². The van der Waals surface area contributed by atoms with Crippen molar-refractivity contribution in [3.05, 3.63) is 23.8 Å². The molecule has 17 heavy (non-hydrogen) atoms. The third-order valence-electron chi connectivity index (χ3n) is 3.15. The van der Waals surface area contributed by atoms with Crippen molar-refractivity contribution in [2.75, 3.05) is 7.11 Å². The lowest BCUT2D eigenvalue weighted by molar-refractivity contribution is 0.108. The molecule has 1 N–H and O–H groups in total.